The SMILES string of the molecule is COc1cccc([C@@H]2C(C(=O)OC(C)C)=C(C)N=c3s/c(=C\c4ccc(OC(F)F)cc4)c(=O)n32)c1. The second-order valence-electron chi connectivity index (χ2n) is 8.26. The molecule has 4 rings (SSSR count). The Labute approximate surface area is 209 Å². The number of halogens is 2. The molecule has 0 spiro atoms. The van der Waals surface area contributed by atoms with E-state index >= 15 is 0 Å². The summed E-state index contributed by atoms with van der Waals surface area (Å²) in [5.74, 6) is 0.0421. The molecule has 0 aliphatic carbocycles. The second kappa shape index (κ2) is 10.4. The number of esters is 1. The van der Waals surface area contributed by atoms with Gasteiger partial charge in [-0.05, 0) is 62.2 Å². The summed E-state index contributed by atoms with van der Waals surface area (Å²) < 4.78 is 42.0. The molecule has 1 aromatic heterocycles. The van der Waals surface area contributed by atoms with E-state index in [9.17, 15) is 18.4 Å². The van der Waals surface area contributed by atoms with Crippen molar-refractivity contribution in [3.63, 3.8) is 0 Å². The van der Waals surface area contributed by atoms with Gasteiger partial charge in [0, 0.05) is 0 Å². The van der Waals surface area contributed by atoms with Gasteiger partial charge in [-0.25, -0.2) is 9.79 Å². The molecule has 0 saturated carbocycles. The number of fused-ring (bicyclic) bond motifs is 1. The molecule has 0 saturated heterocycles. The summed E-state index contributed by atoms with van der Waals surface area (Å²) in [4.78, 5) is 31.7. The van der Waals surface area contributed by atoms with Crippen LogP contribution in [0.15, 0.2) is 69.6 Å². The van der Waals surface area contributed by atoms with Crippen LogP contribution in [-0.2, 0) is 9.53 Å². The number of allylic oxidation sites excluding steroid dienone is 1. The van der Waals surface area contributed by atoms with Crippen molar-refractivity contribution in [2.24, 2.45) is 4.99 Å². The van der Waals surface area contributed by atoms with E-state index in [4.69, 9.17) is 9.47 Å². The maximum absolute atomic E-state index is 13.6. The van der Waals surface area contributed by atoms with Gasteiger partial charge in [-0.1, -0.05) is 35.6 Å². The van der Waals surface area contributed by atoms with Crippen LogP contribution in [-0.4, -0.2) is 30.4 Å². The lowest BCUT2D eigenvalue weighted by Gasteiger charge is -2.25. The van der Waals surface area contributed by atoms with Crippen LogP contribution < -0.4 is 24.4 Å². The number of carbonyl (C=O) groups is 1. The van der Waals surface area contributed by atoms with Crippen molar-refractivity contribution in [3.8, 4) is 11.5 Å². The molecule has 0 fully saturated rings. The normalized spacial score (nSPS) is 15.7. The van der Waals surface area contributed by atoms with E-state index < -0.39 is 18.6 Å². The van der Waals surface area contributed by atoms with Gasteiger partial charge in [0.05, 0.1) is 35.1 Å². The van der Waals surface area contributed by atoms with E-state index in [1.165, 1.54) is 35.1 Å². The number of nitrogens with zero attached hydrogens (tertiary/aromatic N) is 2. The van der Waals surface area contributed by atoms with Gasteiger partial charge >= 0.3 is 12.6 Å². The highest BCUT2D eigenvalue weighted by atomic mass is 32.1. The summed E-state index contributed by atoms with van der Waals surface area (Å²) in [5, 5.41) is 0. The second-order valence-corrected chi connectivity index (χ2v) is 9.27. The lowest BCUT2D eigenvalue weighted by atomic mass is 9.95. The molecule has 10 heteroatoms. The number of alkyl halides is 2. The molecule has 2 aromatic carbocycles. The summed E-state index contributed by atoms with van der Waals surface area (Å²) in [6, 6.07) is 12.3. The summed E-state index contributed by atoms with van der Waals surface area (Å²) in [5.41, 5.74) is 1.66. The first kappa shape index (κ1) is 25.3. The van der Waals surface area contributed by atoms with E-state index in [-0.39, 0.29) is 23.0 Å². The van der Waals surface area contributed by atoms with E-state index in [0.29, 0.717) is 31.9 Å². The molecule has 0 N–H and O–H groups in total. The van der Waals surface area contributed by atoms with Crippen LogP contribution in [0.3, 0.4) is 0 Å². The molecule has 36 heavy (non-hydrogen) atoms. The Kier molecular flexibility index (Phi) is 7.35. The first-order valence-electron chi connectivity index (χ1n) is 11.1. The monoisotopic (exact) mass is 514 g/mol. The molecule has 2 heterocycles. The van der Waals surface area contributed by atoms with Gasteiger partial charge in [-0.15, -0.1) is 0 Å². The molecular formula is C26H24F2N2O5S. The van der Waals surface area contributed by atoms with Gasteiger partial charge < -0.3 is 14.2 Å². The van der Waals surface area contributed by atoms with Crippen molar-refractivity contribution in [1.29, 1.82) is 0 Å². The van der Waals surface area contributed by atoms with Crippen molar-refractivity contribution < 1.29 is 27.8 Å². The topological polar surface area (TPSA) is 79.1 Å². The Morgan fingerprint density at radius 2 is 1.86 bits per heavy atom. The van der Waals surface area contributed by atoms with Gasteiger partial charge in [0.2, 0.25) is 0 Å². The first-order valence-corrected chi connectivity index (χ1v) is 11.9. The Morgan fingerprint density at radius 1 is 1.14 bits per heavy atom. The van der Waals surface area contributed by atoms with Gasteiger partial charge in [0.25, 0.3) is 5.56 Å². The van der Waals surface area contributed by atoms with E-state index in [1.807, 2.05) is 6.07 Å². The zero-order chi connectivity index (χ0) is 26.0. The molecular weight excluding hydrogens is 490 g/mol. The number of hydrogen-bond donors (Lipinski definition) is 0. The first-order chi connectivity index (χ1) is 17.2. The molecule has 188 valence electrons. The van der Waals surface area contributed by atoms with Crippen molar-refractivity contribution in [2.45, 2.75) is 39.5 Å². The molecule has 1 aliphatic rings. The van der Waals surface area contributed by atoms with Gasteiger partial charge in [-0.3, -0.25) is 9.36 Å². The maximum Gasteiger partial charge on any atom is 0.387 e. The highest BCUT2D eigenvalue weighted by molar-refractivity contribution is 7.07. The molecule has 0 unspecified atom stereocenters. The predicted octanol–water partition coefficient (Wildman–Crippen LogP) is 3.80. The summed E-state index contributed by atoms with van der Waals surface area (Å²) in [7, 11) is 1.54. The lowest BCUT2D eigenvalue weighted by molar-refractivity contribution is -0.143. The number of rotatable bonds is 7. The van der Waals surface area contributed by atoms with Crippen LogP contribution in [0, 0.1) is 0 Å². The maximum atomic E-state index is 13.6. The predicted molar refractivity (Wildman–Crippen MR) is 131 cm³/mol. The number of benzene rings is 2. The number of methoxy groups -OCH3 is 1. The largest absolute Gasteiger partial charge is 0.497 e. The van der Waals surface area contributed by atoms with Crippen LogP contribution >= 0.6 is 11.3 Å². The summed E-state index contributed by atoms with van der Waals surface area (Å²) >= 11 is 1.17. The highest BCUT2D eigenvalue weighted by Crippen LogP contribution is 2.32. The van der Waals surface area contributed by atoms with Crippen LogP contribution in [0.2, 0.25) is 0 Å². The van der Waals surface area contributed by atoms with Crippen molar-refractivity contribution in [1.82, 2.24) is 4.57 Å². The molecule has 0 amide bonds. The zero-order valence-electron chi connectivity index (χ0n) is 20.0. The highest BCUT2D eigenvalue weighted by Gasteiger charge is 2.34. The van der Waals surface area contributed by atoms with Crippen molar-refractivity contribution in [3.05, 3.63) is 90.6 Å². The minimum Gasteiger partial charge on any atom is -0.497 e. The third-order valence-corrected chi connectivity index (χ3v) is 6.38. The van der Waals surface area contributed by atoms with Crippen LogP contribution in [0.1, 0.15) is 37.9 Å². The molecule has 0 bridgehead atoms. The van der Waals surface area contributed by atoms with E-state index in [1.54, 1.807) is 57.2 Å². The quantitative estimate of drug-likeness (QED) is 0.449. The number of thiazole rings is 1. The van der Waals surface area contributed by atoms with Crippen molar-refractivity contribution >= 4 is 23.4 Å². The Bertz CT molecular complexity index is 1490. The Hall–Kier alpha value is -3.79. The minimum atomic E-state index is -2.92. The standard InChI is InChI=1S/C26H24F2N2O5S/c1-14(2)34-24(32)21-15(3)29-26-30(22(21)17-6-5-7-19(13-17)33-4)23(31)20(36-26)12-16-8-10-18(11-9-16)35-25(27)28/h5-14,22,25H,1-4H3/b20-12-/t22-/m1/s1. The average Bonchev–Trinajstić information content (AvgIpc) is 3.13. The van der Waals surface area contributed by atoms with E-state index in [2.05, 4.69) is 9.73 Å². The average molecular weight is 515 g/mol. The fraction of sp³-hybridized carbons (Fsp3) is 0.269. The number of ether oxygens (including phenoxy) is 3. The fourth-order valence-corrected chi connectivity index (χ4v) is 4.93. The smallest absolute Gasteiger partial charge is 0.387 e. The fourth-order valence-electron chi connectivity index (χ4n) is 3.88. The lowest BCUT2D eigenvalue weighted by Crippen LogP contribution is -2.40. The number of aromatic nitrogens is 1. The third kappa shape index (κ3) is 5.23. The van der Waals surface area contributed by atoms with Crippen molar-refractivity contribution in [2.75, 3.05) is 7.11 Å². The molecule has 1 aliphatic heterocycles. The molecule has 1 atom stereocenters. The molecule has 3 aromatic rings. The Balaban J connectivity index is 1.87. The van der Waals surface area contributed by atoms with E-state index in [0.717, 1.165) is 0 Å². The number of hydrogen-bond acceptors (Lipinski definition) is 7. The minimum absolute atomic E-state index is 0.0190. The van der Waals surface area contributed by atoms with Crippen LogP contribution in [0.4, 0.5) is 8.78 Å². The molecule has 0 radical (unpaired) electrons. The molecule has 7 nitrogen and oxygen atoms in total. The Morgan fingerprint density at radius 3 is 2.50 bits per heavy atom. The van der Waals surface area contributed by atoms with Crippen LogP contribution in [0.25, 0.3) is 6.08 Å². The van der Waals surface area contributed by atoms with Gasteiger partial charge in [0.15, 0.2) is 4.80 Å². The third-order valence-electron chi connectivity index (χ3n) is 5.40. The van der Waals surface area contributed by atoms with Crippen LogP contribution in [0.5, 0.6) is 11.5 Å². The van der Waals surface area contributed by atoms with Gasteiger partial charge in [-0.2, -0.15) is 8.78 Å². The zero-order valence-corrected chi connectivity index (χ0v) is 20.8. The summed E-state index contributed by atoms with van der Waals surface area (Å²) in [6.45, 7) is 2.29. The van der Waals surface area contributed by atoms with Gasteiger partial charge in [0.1, 0.15) is 11.5 Å². The number of carbonyl (C=O) groups excluding carboxylic acids is 1. The summed E-state index contributed by atoms with van der Waals surface area (Å²) in [6.07, 6.45) is 1.29.